The zero-order chi connectivity index (χ0) is 20.0. The van der Waals surface area contributed by atoms with Gasteiger partial charge in [0.15, 0.2) is 11.0 Å². The second-order valence-electron chi connectivity index (χ2n) is 5.29. The first-order valence-electron chi connectivity index (χ1n) is 7.90. The fraction of sp³-hybridized carbons (Fsp3) is 0.353. The van der Waals surface area contributed by atoms with Crippen molar-refractivity contribution in [3.8, 4) is 5.75 Å². The maximum atomic E-state index is 12.6. The highest BCUT2D eigenvalue weighted by molar-refractivity contribution is 7.09. The number of methoxy groups -OCH3 is 1. The molecule has 2 rings (SSSR count). The predicted molar refractivity (Wildman–Crippen MR) is 92.9 cm³/mol. The van der Waals surface area contributed by atoms with Gasteiger partial charge in [-0.25, -0.2) is 18.6 Å². The Morgan fingerprint density at radius 3 is 2.48 bits per heavy atom. The molecule has 146 valence electrons. The molecule has 0 aliphatic rings. The van der Waals surface area contributed by atoms with Gasteiger partial charge in [-0.3, -0.25) is 4.79 Å². The number of amides is 1. The lowest BCUT2D eigenvalue weighted by Gasteiger charge is -2.22. The largest absolute Gasteiger partial charge is 0.497 e. The van der Waals surface area contributed by atoms with E-state index in [1.165, 1.54) is 19.2 Å². The number of aliphatic hydroxyl groups excluding tert-OH is 1. The standard InChI is InChI=1S/C17H18F2N2O5S/c1-3-26-17(24)12(13(22)9-4-6-10(25-2)7-5-9)21-15(23)11-8-27-16(20-11)14(18)19/h4-8,12-14,22H,3H2,1-2H3,(H,21,23). The molecule has 1 aromatic heterocycles. The molecule has 27 heavy (non-hydrogen) atoms. The molecule has 0 saturated carbocycles. The highest BCUT2D eigenvalue weighted by Crippen LogP contribution is 2.24. The van der Waals surface area contributed by atoms with E-state index in [1.54, 1.807) is 19.1 Å². The number of carbonyl (C=O) groups excluding carboxylic acids is 2. The number of nitrogens with one attached hydrogen (secondary N) is 1. The molecule has 2 N–H and O–H groups in total. The summed E-state index contributed by atoms with van der Waals surface area (Å²) < 4.78 is 35.2. The molecule has 0 radical (unpaired) electrons. The SMILES string of the molecule is CCOC(=O)C(NC(=O)c1csc(C(F)F)n1)C(O)c1ccc(OC)cc1. The summed E-state index contributed by atoms with van der Waals surface area (Å²) in [6.07, 6.45) is -4.23. The molecule has 0 aliphatic heterocycles. The third kappa shape index (κ3) is 5.20. The van der Waals surface area contributed by atoms with Crippen LogP contribution in [0.1, 0.15) is 40.5 Å². The van der Waals surface area contributed by atoms with Crippen LogP contribution in [0.25, 0.3) is 0 Å². The summed E-state index contributed by atoms with van der Waals surface area (Å²) in [6.45, 7) is 1.61. The summed E-state index contributed by atoms with van der Waals surface area (Å²) >= 11 is 0.626. The molecule has 0 spiro atoms. The van der Waals surface area contributed by atoms with E-state index in [1.807, 2.05) is 0 Å². The molecule has 1 aromatic carbocycles. The van der Waals surface area contributed by atoms with Crippen LogP contribution in [0.4, 0.5) is 8.78 Å². The summed E-state index contributed by atoms with van der Waals surface area (Å²) in [4.78, 5) is 28.0. The van der Waals surface area contributed by atoms with E-state index in [9.17, 15) is 23.5 Å². The quantitative estimate of drug-likeness (QED) is 0.661. The summed E-state index contributed by atoms with van der Waals surface area (Å²) in [6, 6.07) is 4.78. The maximum absolute atomic E-state index is 12.6. The lowest BCUT2D eigenvalue weighted by molar-refractivity contribution is -0.148. The van der Waals surface area contributed by atoms with Crippen LogP contribution in [0.5, 0.6) is 5.75 Å². The van der Waals surface area contributed by atoms with Crippen LogP contribution in [0.15, 0.2) is 29.6 Å². The zero-order valence-corrected chi connectivity index (χ0v) is 15.3. The third-order valence-corrected chi connectivity index (χ3v) is 4.39. The highest BCUT2D eigenvalue weighted by atomic mass is 32.1. The number of benzene rings is 1. The number of aromatic nitrogens is 1. The monoisotopic (exact) mass is 400 g/mol. The Balaban J connectivity index is 2.21. The maximum Gasteiger partial charge on any atom is 0.331 e. The molecule has 2 atom stereocenters. The van der Waals surface area contributed by atoms with E-state index in [0.29, 0.717) is 22.6 Å². The number of aliphatic hydroxyl groups is 1. The van der Waals surface area contributed by atoms with Crippen molar-refractivity contribution in [2.24, 2.45) is 0 Å². The van der Waals surface area contributed by atoms with Crippen LogP contribution < -0.4 is 10.1 Å². The van der Waals surface area contributed by atoms with Gasteiger partial charge in [0.2, 0.25) is 0 Å². The van der Waals surface area contributed by atoms with Gasteiger partial charge in [-0.15, -0.1) is 11.3 Å². The first-order chi connectivity index (χ1) is 12.9. The van der Waals surface area contributed by atoms with E-state index < -0.39 is 35.5 Å². The van der Waals surface area contributed by atoms with Crippen molar-refractivity contribution in [2.45, 2.75) is 25.5 Å². The number of hydrogen-bond acceptors (Lipinski definition) is 7. The first kappa shape index (κ1) is 20.7. The van der Waals surface area contributed by atoms with Gasteiger partial charge in [0.05, 0.1) is 13.7 Å². The topological polar surface area (TPSA) is 97.8 Å². The minimum Gasteiger partial charge on any atom is -0.497 e. The van der Waals surface area contributed by atoms with Crippen LogP contribution >= 0.6 is 11.3 Å². The van der Waals surface area contributed by atoms with Crippen molar-refractivity contribution in [2.75, 3.05) is 13.7 Å². The Morgan fingerprint density at radius 2 is 1.96 bits per heavy atom. The second kappa shape index (κ2) is 9.38. The number of nitrogens with zero attached hydrogens (tertiary/aromatic N) is 1. The van der Waals surface area contributed by atoms with Gasteiger partial charge in [-0.1, -0.05) is 12.1 Å². The van der Waals surface area contributed by atoms with Crippen molar-refractivity contribution in [1.29, 1.82) is 0 Å². The minimum atomic E-state index is -2.80. The molecule has 0 aliphatic carbocycles. The van der Waals surface area contributed by atoms with Gasteiger partial charge in [-0.2, -0.15) is 0 Å². The number of hydrogen-bond donors (Lipinski definition) is 2. The fourth-order valence-electron chi connectivity index (χ4n) is 2.20. The predicted octanol–water partition coefficient (Wildman–Crippen LogP) is 2.48. The number of ether oxygens (including phenoxy) is 2. The lowest BCUT2D eigenvalue weighted by atomic mass is 10.0. The normalized spacial score (nSPS) is 13.1. The summed E-state index contributed by atoms with van der Waals surface area (Å²) in [5.41, 5.74) is 0.0622. The van der Waals surface area contributed by atoms with Crippen LogP contribution in [0.3, 0.4) is 0 Å². The number of carbonyl (C=O) groups is 2. The summed E-state index contributed by atoms with van der Waals surface area (Å²) in [5, 5.41) is 13.5. The third-order valence-electron chi connectivity index (χ3n) is 3.54. The van der Waals surface area contributed by atoms with Crippen LogP contribution in [0, 0.1) is 0 Å². The molecular weight excluding hydrogens is 382 g/mol. The zero-order valence-electron chi connectivity index (χ0n) is 14.5. The van der Waals surface area contributed by atoms with E-state index in [4.69, 9.17) is 9.47 Å². The fourth-order valence-corrected chi connectivity index (χ4v) is 2.85. The molecule has 2 unspecified atom stereocenters. The van der Waals surface area contributed by atoms with Gasteiger partial charge >= 0.3 is 5.97 Å². The van der Waals surface area contributed by atoms with Crippen LogP contribution in [-0.2, 0) is 9.53 Å². The summed E-state index contributed by atoms with van der Waals surface area (Å²) in [7, 11) is 1.48. The van der Waals surface area contributed by atoms with Crippen molar-refractivity contribution >= 4 is 23.2 Å². The molecule has 0 fully saturated rings. The van der Waals surface area contributed by atoms with E-state index in [0.717, 1.165) is 5.38 Å². The molecule has 0 bridgehead atoms. The Labute approximate surface area is 157 Å². The van der Waals surface area contributed by atoms with Crippen molar-refractivity contribution in [3.05, 3.63) is 45.9 Å². The molecular formula is C17H18F2N2O5S. The molecule has 1 heterocycles. The molecule has 1 amide bonds. The highest BCUT2D eigenvalue weighted by Gasteiger charge is 2.32. The summed E-state index contributed by atoms with van der Waals surface area (Å²) in [5.74, 6) is -1.19. The molecule has 10 heteroatoms. The molecule has 7 nitrogen and oxygen atoms in total. The lowest BCUT2D eigenvalue weighted by Crippen LogP contribution is -2.46. The first-order valence-corrected chi connectivity index (χ1v) is 8.78. The number of halogens is 2. The Hall–Kier alpha value is -2.59. The van der Waals surface area contributed by atoms with Crippen molar-refractivity contribution in [3.63, 3.8) is 0 Å². The van der Waals surface area contributed by atoms with Crippen LogP contribution in [0.2, 0.25) is 0 Å². The average Bonchev–Trinajstić information content (AvgIpc) is 3.16. The van der Waals surface area contributed by atoms with Gasteiger partial charge in [-0.05, 0) is 24.6 Å². The molecule has 2 aromatic rings. The van der Waals surface area contributed by atoms with Gasteiger partial charge in [0.25, 0.3) is 12.3 Å². The molecule has 0 saturated heterocycles. The Bertz CT molecular complexity index is 782. The van der Waals surface area contributed by atoms with Crippen molar-refractivity contribution < 1.29 is 33.0 Å². The van der Waals surface area contributed by atoms with Crippen LogP contribution in [-0.4, -0.2) is 41.7 Å². The number of esters is 1. The second-order valence-corrected chi connectivity index (χ2v) is 6.18. The van der Waals surface area contributed by atoms with Gasteiger partial charge in [0.1, 0.15) is 17.5 Å². The van der Waals surface area contributed by atoms with E-state index in [2.05, 4.69) is 10.3 Å². The minimum absolute atomic E-state index is 0.0345. The average molecular weight is 400 g/mol. The van der Waals surface area contributed by atoms with Gasteiger partial charge < -0.3 is 19.9 Å². The Morgan fingerprint density at radius 1 is 1.30 bits per heavy atom. The number of alkyl halides is 2. The van der Waals surface area contributed by atoms with E-state index in [-0.39, 0.29) is 12.3 Å². The van der Waals surface area contributed by atoms with Crippen molar-refractivity contribution in [1.82, 2.24) is 10.3 Å². The number of thiazole rings is 1. The smallest absolute Gasteiger partial charge is 0.331 e. The Kier molecular flexibility index (Phi) is 7.19. The number of rotatable bonds is 8. The van der Waals surface area contributed by atoms with Gasteiger partial charge in [0, 0.05) is 5.38 Å². The van der Waals surface area contributed by atoms with E-state index >= 15 is 0 Å².